The number of rotatable bonds is 3. The van der Waals surface area contributed by atoms with Gasteiger partial charge >= 0.3 is 0 Å². The number of carbonyl (C=O) groups is 1. The number of nitrogens with two attached hydrogens (primary N) is 1. The summed E-state index contributed by atoms with van der Waals surface area (Å²) in [5.74, 6) is 0.579. The van der Waals surface area contributed by atoms with Crippen LogP contribution in [0.15, 0.2) is 18.2 Å². The summed E-state index contributed by atoms with van der Waals surface area (Å²) in [6.45, 7) is 0.380. The molecule has 0 saturated heterocycles. The van der Waals surface area contributed by atoms with Crippen molar-refractivity contribution in [1.29, 1.82) is 0 Å². The summed E-state index contributed by atoms with van der Waals surface area (Å²) in [4.78, 5) is 10.5. The molecule has 0 aromatic heterocycles. The maximum absolute atomic E-state index is 10.5. The number of benzene rings is 1. The van der Waals surface area contributed by atoms with Crippen LogP contribution in [0.1, 0.15) is 15.9 Å². The van der Waals surface area contributed by atoms with Crippen molar-refractivity contribution in [3.05, 3.63) is 29.3 Å². The molecule has 0 aliphatic heterocycles. The summed E-state index contributed by atoms with van der Waals surface area (Å²) < 4.78 is 5.05. The van der Waals surface area contributed by atoms with Crippen LogP contribution >= 0.6 is 0 Å². The summed E-state index contributed by atoms with van der Waals surface area (Å²) in [5.41, 5.74) is 6.85. The van der Waals surface area contributed by atoms with Crippen LogP contribution in [0.2, 0.25) is 0 Å². The van der Waals surface area contributed by atoms with Crippen LogP contribution in [0.3, 0.4) is 0 Å². The maximum atomic E-state index is 10.5. The highest BCUT2D eigenvalue weighted by Gasteiger charge is 2.05. The second-order valence-corrected chi connectivity index (χ2v) is 2.36. The molecule has 0 radical (unpaired) electrons. The normalized spacial score (nSPS) is 9.50. The molecule has 3 nitrogen and oxygen atoms in total. The van der Waals surface area contributed by atoms with Gasteiger partial charge in [-0.2, -0.15) is 0 Å². The van der Waals surface area contributed by atoms with Gasteiger partial charge in [-0.05, 0) is 6.07 Å². The van der Waals surface area contributed by atoms with Crippen LogP contribution in [-0.2, 0) is 6.54 Å². The molecule has 1 rings (SSSR count). The predicted molar refractivity (Wildman–Crippen MR) is 46.3 cm³/mol. The van der Waals surface area contributed by atoms with Gasteiger partial charge < -0.3 is 10.5 Å². The minimum atomic E-state index is 0.380. The zero-order valence-corrected chi connectivity index (χ0v) is 6.91. The summed E-state index contributed by atoms with van der Waals surface area (Å²) in [6, 6.07) is 5.32. The zero-order chi connectivity index (χ0) is 8.97. The van der Waals surface area contributed by atoms with E-state index in [4.69, 9.17) is 10.5 Å². The minimum absolute atomic E-state index is 0.380. The quantitative estimate of drug-likeness (QED) is 0.679. The van der Waals surface area contributed by atoms with Crippen molar-refractivity contribution in [2.24, 2.45) is 5.73 Å². The third-order valence-corrected chi connectivity index (χ3v) is 1.68. The second-order valence-electron chi connectivity index (χ2n) is 2.36. The Balaban J connectivity index is 3.21. The van der Waals surface area contributed by atoms with E-state index in [1.165, 1.54) is 7.11 Å². The molecule has 0 unspecified atom stereocenters. The molecule has 0 amide bonds. The Morgan fingerprint density at radius 3 is 2.83 bits per heavy atom. The molecule has 0 aliphatic carbocycles. The van der Waals surface area contributed by atoms with E-state index in [-0.39, 0.29) is 0 Å². The van der Waals surface area contributed by atoms with E-state index in [9.17, 15) is 4.79 Å². The van der Waals surface area contributed by atoms with Crippen molar-refractivity contribution in [1.82, 2.24) is 0 Å². The second kappa shape index (κ2) is 3.88. The zero-order valence-electron chi connectivity index (χ0n) is 6.91. The fourth-order valence-electron chi connectivity index (χ4n) is 1.11. The third-order valence-electron chi connectivity index (χ3n) is 1.68. The van der Waals surface area contributed by atoms with Crippen LogP contribution < -0.4 is 10.5 Å². The third kappa shape index (κ3) is 1.46. The summed E-state index contributed by atoms with van der Waals surface area (Å²) in [6.07, 6.45) is 0.762. The predicted octanol–water partition coefficient (Wildman–Crippen LogP) is 0.966. The molecule has 2 N–H and O–H groups in total. The lowest BCUT2D eigenvalue weighted by molar-refractivity contribution is 0.112. The van der Waals surface area contributed by atoms with Crippen molar-refractivity contribution in [2.45, 2.75) is 6.54 Å². The first-order valence-corrected chi connectivity index (χ1v) is 3.64. The van der Waals surface area contributed by atoms with Crippen molar-refractivity contribution < 1.29 is 9.53 Å². The summed E-state index contributed by atoms with van der Waals surface area (Å²) >= 11 is 0. The molecule has 3 heteroatoms. The molecule has 64 valence electrons. The molecule has 0 aliphatic rings. The molecule has 0 spiro atoms. The van der Waals surface area contributed by atoms with Crippen molar-refractivity contribution >= 4 is 6.29 Å². The van der Waals surface area contributed by atoms with Crippen LogP contribution in [0.4, 0.5) is 0 Å². The molecule has 0 heterocycles. The van der Waals surface area contributed by atoms with E-state index in [0.717, 1.165) is 11.8 Å². The van der Waals surface area contributed by atoms with E-state index in [0.29, 0.717) is 17.9 Å². The molecular weight excluding hydrogens is 154 g/mol. The standard InChI is InChI=1S/C9H11NO2/c1-12-9-7(5-10)3-2-4-8(9)6-11/h2-4,6H,5,10H2,1H3. The minimum Gasteiger partial charge on any atom is -0.496 e. The number of methoxy groups -OCH3 is 1. The van der Waals surface area contributed by atoms with Gasteiger partial charge in [0.15, 0.2) is 6.29 Å². The maximum Gasteiger partial charge on any atom is 0.153 e. The summed E-state index contributed by atoms with van der Waals surface area (Å²) in [5, 5.41) is 0. The van der Waals surface area contributed by atoms with E-state index in [1.807, 2.05) is 6.07 Å². The lowest BCUT2D eigenvalue weighted by Crippen LogP contribution is -2.01. The Bertz CT molecular complexity index is 284. The lowest BCUT2D eigenvalue weighted by Gasteiger charge is -2.07. The Morgan fingerprint density at radius 2 is 2.33 bits per heavy atom. The molecule has 12 heavy (non-hydrogen) atoms. The van der Waals surface area contributed by atoms with E-state index < -0.39 is 0 Å². The molecule has 1 aromatic rings. The van der Waals surface area contributed by atoms with Gasteiger partial charge in [-0.1, -0.05) is 12.1 Å². The number of carbonyl (C=O) groups excluding carboxylic acids is 1. The van der Waals surface area contributed by atoms with E-state index >= 15 is 0 Å². The highest BCUT2D eigenvalue weighted by atomic mass is 16.5. The van der Waals surface area contributed by atoms with Gasteiger partial charge in [0, 0.05) is 12.1 Å². The summed E-state index contributed by atoms with van der Waals surface area (Å²) in [7, 11) is 1.53. The number of para-hydroxylation sites is 1. The number of hydrogen-bond acceptors (Lipinski definition) is 3. The van der Waals surface area contributed by atoms with Crippen LogP contribution in [-0.4, -0.2) is 13.4 Å². The van der Waals surface area contributed by atoms with Crippen LogP contribution in [0, 0.1) is 0 Å². The highest BCUT2D eigenvalue weighted by Crippen LogP contribution is 2.21. The van der Waals surface area contributed by atoms with Gasteiger partial charge in [0.1, 0.15) is 5.75 Å². The van der Waals surface area contributed by atoms with Crippen LogP contribution in [0.5, 0.6) is 5.75 Å². The first kappa shape index (κ1) is 8.74. The average molecular weight is 165 g/mol. The van der Waals surface area contributed by atoms with Crippen molar-refractivity contribution in [3.63, 3.8) is 0 Å². The monoisotopic (exact) mass is 165 g/mol. The van der Waals surface area contributed by atoms with Crippen molar-refractivity contribution in [2.75, 3.05) is 7.11 Å². The van der Waals surface area contributed by atoms with Crippen molar-refractivity contribution in [3.8, 4) is 5.75 Å². The molecule has 0 bridgehead atoms. The molecular formula is C9H11NO2. The van der Waals surface area contributed by atoms with Gasteiger partial charge in [-0.25, -0.2) is 0 Å². The SMILES string of the molecule is COc1c(C=O)cccc1CN. The smallest absolute Gasteiger partial charge is 0.153 e. The topological polar surface area (TPSA) is 52.3 Å². The fraction of sp³-hybridized carbons (Fsp3) is 0.222. The lowest BCUT2D eigenvalue weighted by atomic mass is 10.1. The number of ether oxygens (including phenoxy) is 1. The molecule has 0 atom stereocenters. The first-order chi connectivity index (χ1) is 5.83. The number of aldehydes is 1. The molecule has 0 fully saturated rings. The van der Waals surface area contributed by atoms with E-state index in [1.54, 1.807) is 12.1 Å². The highest BCUT2D eigenvalue weighted by molar-refractivity contribution is 5.80. The molecule has 1 aromatic carbocycles. The Kier molecular flexibility index (Phi) is 2.82. The van der Waals surface area contributed by atoms with Crippen LogP contribution in [0.25, 0.3) is 0 Å². The Hall–Kier alpha value is -1.35. The van der Waals surface area contributed by atoms with Gasteiger partial charge in [0.2, 0.25) is 0 Å². The fourth-order valence-corrected chi connectivity index (χ4v) is 1.11. The van der Waals surface area contributed by atoms with Gasteiger partial charge in [0.05, 0.1) is 12.7 Å². The largest absolute Gasteiger partial charge is 0.496 e. The molecule has 0 saturated carbocycles. The number of hydrogen-bond donors (Lipinski definition) is 1. The Morgan fingerprint density at radius 1 is 1.58 bits per heavy atom. The first-order valence-electron chi connectivity index (χ1n) is 3.64. The average Bonchev–Trinajstić information content (AvgIpc) is 2.16. The van der Waals surface area contributed by atoms with Gasteiger partial charge in [-0.3, -0.25) is 4.79 Å². The van der Waals surface area contributed by atoms with Gasteiger partial charge in [0.25, 0.3) is 0 Å². The Labute approximate surface area is 71.1 Å². The van der Waals surface area contributed by atoms with E-state index in [2.05, 4.69) is 0 Å². The van der Waals surface area contributed by atoms with Gasteiger partial charge in [-0.15, -0.1) is 0 Å².